The number of hydrogen-bond acceptors (Lipinski definition) is 4. The number of nitrogens with one attached hydrogen (secondary N) is 1. The summed E-state index contributed by atoms with van der Waals surface area (Å²) >= 11 is 1.67. The van der Waals surface area contributed by atoms with E-state index in [1.807, 2.05) is 22.5 Å². The van der Waals surface area contributed by atoms with Gasteiger partial charge >= 0.3 is 0 Å². The molecule has 17 heavy (non-hydrogen) atoms. The maximum absolute atomic E-state index is 4.37. The highest BCUT2D eigenvalue weighted by molar-refractivity contribution is 7.09. The van der Waals surface area contributed by atoms with Crippen molar-refractivity contribution in [1.82, 2.24) is 20.1 Å². The zero-order valence-electron chi connectivity index (χ0n) is 10.5. The molecule has 0 aliphatic carbocycles. The van der Waals surface area contributed by atoms with E-state index in [2.05, 4.69) is 42.4 Å². The molecule has 0 atom stereocenters. The maximum Gasteiger partial charge on any atom is 0.106 e. The third-order valence-corrected chi connectivity index (χ3v) is 3.19. The smallest absolute Gasteiger partial charge is 0.106 e. The molecule has 5 heteroatoms. The lowest BCUT2D eigenvalue weighted by molar-refractivity contribution is 0.355. The van der Waals surface area contributed by atoms with Crippen LogP contribution in [-0.4, -0.2) is 14.8 Å². The van der Waals surface area contributed by atoms with Crippen molar-refractivity contribution in [2.45, 2.75) is 39.4 Å². The Labute approximate surface area is 106 Å². The molecule has 0 saturated heterocycles. The first-order valence-corrected chi connectivity index (χ1v) is 6.57. The van der Waals surface area contributed by atoms with E-state index >= 15 is 0 Å². The minimum Gasteiger partial charge on any atom is -0.306 e. The van der Waals surface area contributed by atoms with E-state index in [9.17, 15) is 0 Å². The average molecular weight is 250 g/mol. The van der Waals surface area contributed by atoms with E-state index in [1.165, 1.54) is 5.56 Å². The SMILES string of the molecule is CC(C)(C)n1cc(CNCc2nccs2)cn1. The van der Waals surface area contributed by atoms with Crippen LogP contribution >= 0.6 is 11.3 Å². The van der Waals surface area contributed by atoms with Gasteiger partial charge in [-0.2, -0.15) is 5.10 Å². The quantitative estimate of drug-likeness (QED) is 0.906. The Morgan fingerprint density at radius 3 is 2.76 bits per heavy atom. The van der Waals surface area contributed by atoms with Crippen LogP contribution in [-0.2, 0) is 18.6 Å². The lowest BCUT2D eigenvalue weighted by atomic mass is 10.1. The van der Waals surface area contributed by atoms with Gasteiger partial charge in [-0.1, -0.05) is 0 Å². The standard InChI is InChI=1S/C12H18N4S/c1-12(2,3)16-9-10(7-15-16)6-13-8-11-14-4-5-17-11/h4-5,7,9,13H,6,8H2,1-3H3. The van der Waals surface area contributed by atoms with Crippen molar-refractivity contribution < 1.29 is 0 Å². The average Bonchev–Trinajstić information content (AvgIpc) is 2.86. The molecule has 0 aliphatic rings. The van der Waals surface area contributed by atoms with Crippen molar-refractivity contribution in [3.63, 3.8) is 0 Å². The highest BCUT2D eigenvalue weighted by Gasteiger charge is 2.13. The molecule has 92 valence electrons. The van der Waals surface area contributed by atoms with Gasteiger partial charge in [0, 0.05) is 36.4 Å². The molecule has 1 N–H and O–H groups in total. The molecule has 0 amide bonds. The Morgan fingerprint density at radius 1 is 1.35 bits per heavy atom. The summed E-state index contributed by atoms with van der Waals surface area (Å²) in [6, 6.07) is 0. The van der Waals surface area contributed by atoms with E-state index in [1.54, 1.807) is 11.3 Å². The summed E-state index contributed by atoms with van der Waals surface area (Å²) < 4.78 is 1.99. The van der Waals surface area contributed by atoms with E-state index in [4.69, 9.17) is 0 Å². The van der Waals surface area contributed by atoms with E-state index < -0.39 is 0 Å². The van der Waals surface area contributed by atoms with Crippen LogP contribution in [0, 0.1) is 0 Å². The van der Waals surface area contributed by atoms with Crippen LogP contribution in [0.3, 0.4) is 0 Å². The van der Waals surface area contributed by atoms with Crippen LogP contribution in [0.5, 0.6) is 0 Å². The van der Waals surface area contributed by atoms with E-state index in [-0.39, 0.29) is 5.54 Å². The highest BCUT2D eigenvalue weighted by Crippen LogP contribution is 2.13. The molecule has 0 saturated carbocycles. The molecule has 0 unspecified atom stereocenters. The highest BCUT2D eigenvalue weighted by atomic mass is 32.1. The predicted molar refractivity (Wildman–Crippen MR) is 69.9 cm³/mol. The van der Waals surface area contributed by atoms with Gasteiger partial charge in [-0.3, -0.25) is 4.68 Å². The second-order valence-corrected chi connectivity index (χ2v) is 5.97. The van der Waals surface area contributed by atoms with Crippen molar-refractivity contribution in [3.05, 3.63) is 34.5 Å². The summed E-state index contributed by atoms with van der Waals surface area (Å²) in [5, 5.41) is 10.8. The molecule has 2 aromatic heterocycles. The van der Waals surface area contributed by atoms with Gasteiger partial charge in [0.15, 0.2) is 0 Å². The van der Waals surface area contributed by atoms with Gasteiger partial charge in [-0.25, -0.2) is 4.98 Å². The molecule has 0 aromatic carbocycles. The lowest BCUT2D eigenvalue weighted by Crippen LogP contribution is -2.22. The van der Waals surface area contributed by atoms with Gasteiger partial charge in [-0.15, -0.1) is 11.3 Å². The number of nitrogens with zero attached hydrogens (tertiary/aromatic N) is 3. The molecule has 0 radical (unpaired) electrons. The summed E-state index contributed by atoms with van der Waals surface area (Å²) in [5.74, 6) is 0. The van der Waals surface area contributed by atoms with Crippen LogP contribution in [0.25, 0.3) is 0 Å². The minimum absolute atomic E-state index is 0.0492. The lowest BCUT2D eigenvalue weighted by Gasteiger charge is -2.18. The summed E-state index contributed by atoms with van der Waals surface area (Å²) in [6.45, 7) is 8.08. The summed E-state index contributed by atoms with van der Waals surface area (Å²) in [4.78, 5) is 4.23. The Morgan fingerprint density at radius 2 is 2.18 bits per heavy atom. The molecule has 2 heterocycles. The third-order valence-electron chi connectivity index (χ3n) is 2.41. The molecule has 2 rings (SSSR count). The van der Waals surface area contributed by atoms with Crippen LogP contribution in [0.4, 0.5) is 0 Å². The Kier molecular flexibility index (Phi) is 3.59. The van der Waals surface area contributed by atoms with Gasteiger partial charge in [0.1, 0.15) is 5.01 Å². The Hall–Kier alpha value is -1.20. The van der Waals surface area contributed by atoms with Crippen molar-refractivity contribution >= 4 is 11.3 Å². The minimum atomic E-state index is 0.0492. The zero-order valence-corrected chi connectivity index (χ0v) is 11.3. The molecule has 0 spiro atoms. The van der Waals surface area contributed by atoms with Crippen molar-refractivity contribution in [2.24, 2.45) is 0 Å². The van der Waals surface area contributed by atoms with Gasteiger partial charge < -0.3 is 5.32 Å². The molecule has 0 bridgehead atoms. The summed E-state index contributed by atoms with van der Waals surface area (Å²) in [6.07, 6.45) is 5.84. The van der Waals surface area contributed by atoms with Crippen molar-refractivity contribution in [2.75, 3.05) is 0 Å². The summed E-state index contributed by atoms with van der Waals surface area (Å²) in [5.41, 5.74) is 1.25. The molecule has 0 fully saturated rings. The number of thiazole rings is 1. The van der Waals surface area contributed by atoms with Crippen molar-refractivity contribution in [1.29, 1.82) is 0 Å². The van der Waals surface area contributed by atoms with Crippen LogP contribution in [0.1, 0.15) is 31.3 Å². The fraction of sp³-hybridized carbons (Fsp3) is 0.500. The second-order valence-electron chi connectivity index (χ2n) is 4.99. The molecule has 4 nitrogen and oxygen atoms in total. The monoisotopic (exact) mass is 250 g/mol. The largest absolute Gasteiger partial charge is 0.306 e. The predicted octanol–water partition coefficient (Wildman–Crippen LogP) is 2.38. The molecule has 2 aromatic rings. The number of rotatable bonds is 4. The fourth-order valence-corrected chi connectivity index (χ4v) is 2.06. The Bertz CT molecular complexity index is 453. The topological polar surface area (TPSA) is 42.7 Å². The van der Waals surface area contributed by atoms with Gasteiger partial charge in [-0.05, 0) is 20.8 Å². The Balaban J connectivity index is 1.85. The molecular formula is C12H18N4S. The first-order valence-electron chi connectivity index (χ1n) is 5.69. The normalized spacial score (nSPS) is 11.9. The second kappa shape index (κ2) is 4.98. The first-order chi connectivity index (χ1) is 8.05. The third kappa shape index (κ3) is 3.38. The maximum atomic E-state index is 4.37. The molecule has 0 aliphatic heterocycles. The zero-order chi connectivity index (χ0) is 12.3. The van der Waals surface area contributed by atoms with Gasteiger partial charge in [0.05, 0.1) is 11.7 Å². The van der Waals surface area contributed by atoms with Crippen LogP contribution in [0.15, 0.2) is 24.0 Å². The number of aromatic nitrogens is 3. The first kappa shape index (κ1) is 12.3. The van der Waals surface area contributed by atoms with Crippen LogP contribution < -0.4 is 5.32 Å². The van der Waals surface area contributed by atoms with E-state index in [0.29, 0.717) is 0 Å². The van der Waals surface area contributed by atoms with Crippen LogP contribution in [0.2, 0.25) is 0 Å². The van der Waals surface area contributed by atoms with Gasteiger partial charge in [0.2, 0.25) is 0 Å². The van der Waals surface area contributed by atoms with E-state index in [0.717, 1.165) is 18.1 Å². The molecular weight excluding hydrogens is 232 g/mol. The van der Waals surface area contributed by atoms with Gasteiger partial charge in [0.25, 0.3) is 0 Å². The number of hydrogen-bond donors (Lipinski definition) is 1. The summed E-state index contributed by atoms with van der Waals surface area (Å²) in [7, 11) is 0. The van der Waals surface area contributed by atoms with Crippen molar-refractivity contribution in [3.8, 4) is 0 Å². The fourth-order valence-electron chi connectivity index (χ4n) is 1.47.